The van der Waals surface area contributed by atoms with Gasteiger partial charge in [-0.25, -0.2) is 4.39 Å². The standard InChI is InChI=1S/C23H30FN3O/c1-18-4-3-5-21(16-18)17-26-12-14-27(15-13-26)19(2)23(28)25-11-10-20-6-8-22(24)9-7-20/h3-9,16,19H,10-15,17H2,1-2H3,(H,25,28)/p+2/t19-/m0/s1. The summed E-state index contributed by atoms with van der Waals surface area (Å²) < 4.78 is 12.9. The number of hydrogen-bond acceptors (Lipinski definition) is 1. The average Bonchev–Trinajstić information content (AvgIpc) is 2.69. The molecular weight excluding hydrogens is 353 g/mol. The smallest absolute Gasteiger partial charge is 0.278 e. The van der Waals surface area contributed by atoms with Crippen LogP contribution in [0.25, 0.3) is 0 Å². The summed E-state index contributed by atoms with van der Waals surface area (Å²) in [6.07, 6.45) is 0.725. The molecular formula is C23H32FN3O+2. The molecule has 1 amide bonds. The third-order valence-corrected chi connectivity index (χ3v) is 5.77. The first-order chi connectivity index (χ1) is 13.5. The number of amides is 1. The summed E-state index contributed by atoms with van der Waals surface area (Å²) in [5.74, 6) is -0.118. The molecule has 3 rings (SSSR count). The number of aryl methyl sites for hydroxylation is 1. The summed E-state index contributed by atoms with van der Waals surface area (Å²) in [6.45, 7) is 10.0. The minimum atomic E-state index is -0.228. The quantitative estimate of drug-likeness (QED) is 0.624. The van der Waals surface area contributed by atoms with Crippen LogP contribution in [-0.2, 0) is 17.8 Å². The Morgan fingerprint density at radius 2 is 1.79 bits per heavy atom. The number of halogens is 1. The van der Waals surface area contributed by atoms with Gasteiger partial charge in [0, 0.05) is 12.1 Å². The Morgan fingerprint density at radius 3 is 2.46 bits per heavy atom. The van der Waals surface area contributed by atoms with E-state index in [1.807, 2.05) is 6.92 Å². The number of hydrogen-bond donors (Lipinski definition) is 3. The molecule has 150 valence electrons. The summed E-state index contributed by atoms with van der Waals surface area (Å²) in [5.41, 5.74) is 3.74. The average molecular weight is 386 g/mol. The minimum Gasteiger partial charge on any atom is -0.351 e. The Hall–Kier alpha value is -2.24. The molecule has 0 radical (unpaired) electrons. The van der Waals surface area contributed by atoms with E-state index < -0.39 is 0 Å². The van der Waals surface area contributed by atoms with Gasteiger partial charge >= 0.3 is 0 Å². The van der Waals surface area contributed by atoms with E-state index in [1.165, 1.54) is 28.2 Å². The number of carbonyl (C=O) groups is 1. The second kappa shape index (κ2) is 9.80. The third-order valence-electron chi connectivity index (χ3n) is 5.77. The molecule has 0 aliphatic carbocycles. The fourth-order valence-electron chi connectivity index (χ4n) is 3.96. The van der Waals surface area contributed by atoms with Crippen molar-refractivity contribution in [3.05, 3.63) is 71.0 Å². The maximum atomic E-state index is 12.9. The van der Waals surface area contributed by atoms with E-state index in [0.29, 0.717) is 6.54 Å². The van der Waals surface area contributed by atoms with Crippen LogP contribution in [0.2, 0.25) is 0 Å². The highest BCUT2D eigenvalue weighted by atomic mass is 19.1. The van der Waals surface area contributed by atoms with Crippen molar-refractivity contribution in [2.45, 2.75) is 32.9 Å². The molecule has 1 fully saturated rings. The van der Waals surface area contributed by atoms with Gasteiger partial charge in [0.05, 0.1) is 0 Å². The van der Waals surface area contributed by atoms with Gasteiger partial charge in [-0.2, -0.15) is 0 Å². The van der Waals surface area contributed by atoms with Crippen LogP contribution < -0.4 is 15.1 Å². The lowest BCUT2D eigenvalue weighted by Gasteiger charge is -2.32. The molecule has 2 aromatic carbocycles. The highest BCUT2D eigenvalue weighted by Gasteiger charge is 2.30. The number of carbonyl (C=O) groups excluding carboxylic acids is 1. The van der Waals surface area contributed by atoms with E-state index in [0.717, 1.165) is 44.7 Å². The van der Waals surface area contributed by atoms with Gasteiger partial charge in [0.2, 0.25) is 0 Å². The molecule has 28 heavy (non-hydrogen) atoms. The van der Waals surface area contributed by atoms with E-state index in [1.54, 1.807) is 17.0 Å². The van der Waals surface area contributed by atoms with Gasteiger partial charge in [0.25, 0.3) is 5.91 Å². The van der Waals surface area contributed by atoms with E-state index >= 15 is 0 Å². The first kappa shape index (κ1) is 20.5. The molecule has 1 heterocycles. The van der Waals surface area contributed by atoms with Gasteiger partial charge in [0.1, 0.15) is 38.5 Å². The molecule has 2 aromatic rings. The zero-order valence-electron chi connectivity index (χ0n) is 16.9. The van der Waals surface area contributed by atoms with Crippen molar-refractivity contribution in [1.82, 2.24) is 5.32 Å². The van der Waals surface area contributed by atoms with Crippen LogP contribution in [0.15, 0.2) is 48.5 Å². The van der Waals surface area contributed by atoms with Crippen molar-refractivity contribution in [1.29, 1.82) is 0 Å². The van der Waals surface area contributed by atoms with E-state index in [9.17, 15) is 9.18 Å². The number of nitrogens with one attached hydrogen (secondary N) is 3. The van der Waals surface area contributed by atoms with Crippen LogP contribution in [0.1, 0.15) is 23.6 Å². The lowest BCUT2D eigenvalue weighted by molar-refractivity contribution is -1.02. The number of rotatable bonds is 7. The van der Waals surface area contributed by atoms with E-state index in [-0.39, 0.29) is 17.8 Å². The summed E-state index contributed by atoms with van der Waals surface area (Å²) >= 11 is 0. The van der Waals surface area contributed by atoms with Crippen molar-refractivity contribution in [2.75, 3.05) is 32.7 Å². The van der Waals surface area contributed by atoms with Crippen molar-refractivity contribution < 1.29 is 19.0 Å². The summed E-state index contributed by atoms with van der Waals surface area (Å²) in [6, 6.07) is 15.2. The normalized spacial score (nSPS) is 20.5. The lowest BCUT2D eigenvalue weighted by Crippen LogP contribution is -3.29. The van der Waals surface area contributed by atoms with E-state index in [4.69, 9.17) is 0 Å². The van der Waals surface area contributed by atoms with E-state index in [2.05, 4.69) is 36.5 Å². The Labute approximate surface area is 167 Å². The van der Waals surface area contributed by atoms with Crippen molar-refractivity contribution in [2.24, 2.45) is 0 Å². The lowest BCUT2D eigenvalue weighted by atomic mass is 10.1. The first-order valence-corrected chi connectivity index (χ1v) is 10.3. The van der Waals surface area contributed by atoms with Gasteiger partial charge in [-0.3, -0.25) is 4.79 Å². The summed E-state index contributed by atoms with van der Waals surface area (Å²) in [5, 5.41) is 3.04. The number of piperazine rings is 1. The molecule has 0 bridgehead atoms. The van der Waals surface area contributed by atoms with Gasteiger partial charge < -0.3 is 15.1 Å². The van der Waals surface area contributed by atoms with Gasteiger partial charge in [-0.15, -0.1) is 0 Å². The predicted octanol–water partition coefficient (Wildman–Crippen LogP) is 0.165. The first-order valence-electron chi connectivity index (χ1n) is 10.3. The van der Waals surface area contributed by atoms with Gasteiger partial charge in [-0.05, 0) is 38.0 Å². The Morgan fingerprint density at radius 1 is 1.07 bits per heavy atom. The predicted molar refractivity (Wildman–Crippen MR) is 109 cm³/mol. The summed E-state index contributed by atoms with van der Waals surface area (Å²) in [4.78, 5) is 15.5. The van der Waals surface area contributed by atoms with Crippen molar-refractivity contribution >= 4 is 5.91 Å². The SMILES string of the molecule is Cc1cccc(C[NH+]2CC[NH+]([C@@H](C)C(=O)NCCc3ccc(F)cc3)CC2)c1. The Kier molecular flexibility index (Phi) is 7.18. The molecule has 1 atom stereocenters. The maximum Gasteiger partial charge on any atom is 0.278 e. The van der Waals surface area contributed by atoms with Crippen molar-refractivity contribution in [3.63, 3.8) is 0 Å². The zero-order valence-corrected chi connectivity index (χ0v) is 16.9. The number of quaternary nitrogens is 2. The van der Waals surface area contributed by atoms with Crippen molar-refractivity contribution in [3.8, 4) is 0 Å². The zero-order chi connectivity index (χ0) is 19.9. The largest absolute Gasteiger partial charge is 0.351 e. The van der Waals surface area contributed by atoms with Crippen LogP contribution >= 0.6 is 0 Å². The minimum absolute atomic E-state index is 0.0336. The second-order valence-corrected chi connectivity index (χ2v) is 7.96. The van der Waals surface area contributed by atoms with Gasteiger partial charge in [0.15, 0.2) is 6.04 Å². The van der Waals surface area contributed by atoms with Crippen LogP contribution in [0.4, 0.5) is 4.39 Å². The molecule has 0 aromatic heterocycles. The fraction of sp³-hybridized carbons (Fsp3) is 0.435. The molecule has 3 N–H and O–H groups in total. The highest BCUT2D eigenvalue weighted by molar-refractivity contribution is 5.79. The molecule has 4 nitrogen and oxygen atoms in total. The van der Waals surface area contributed by atoms with Crippen LogP contribution in [-0.4, -0.2) is 44.7 Å². The van der Waals surface area contributed by atoms with Gasteiger partial charge in [-0.1, -0.05) is 42.0 Å². The van der Waals surface area contributed by atoms with Crippen LogP contribution in [0.5, 0.6) is 0 Å². The molecule has 1 aliphatic heterocycles. The fourth-order valence-corrected chi connectivity index (χ4v) is 3.96. The maximum absolute atomic E-state index is 12.9. The molecule has 5 heteroatoms. The monoisotopic (exact) mass is 385 g/mol. The molecule has 0 saturated carbocycles. The molecule has 1 aliphatic rings. The van der Waals surface area contributed by atoms with Crippen LogP contribution in [0, 0.1) is 12.7 Å². The Bertz CT molecular complexity index is 770. The molecule has 1 saturated heterocycles. The highest BCUT2D eigenvalue weighted by Crippen LogP contribution is 2.03. The molecule has 0 unspecified atom stereocenters. The summed E-state index contributed by atoms with van der Waals surface area (Å²) in [7, 11) is 0. The third kappa shape index (κ3) is 5.88. The van der Waals surface area contributed by atoms with Crippen LogP contribution in [0.3, 0.4) is 0 Å². The Balaban J connectivity index is 1.39. The second-order valence-electron chi connectivity index (χ2n) is 7.96. The topological polar surface area (TPSA) is 38.0 Å². The molecule has 0 spiro atoms. The number of benzene rings is 2.